The molecule has 0 fully saturated rings. The van der Waals surface area contributed by atoms with E-state index in [2.05, 4.69) is 11.9 Å². The number of hydrogen-bond acceptors (Lipinski definition) is 1. The van der Waals surface area contributed by atoms with E-state index in [0.29, 0.717) is 0 Å². The molecular weight excluding hydrogens is 110 g/mol. The molecule has 0 aliphatic heterocycles. The average molecular weight is 127 g/mol. The van der Waals surface area contributed by atoms with Gasteiger partial charge in [-0.25, -0.2) is 0 Å². The molecule has 0 saturated heterocycles. The quantitative estimate of drug-likeness (QED) is 0.453. The highest BCUT2D eigenvalue weighted by Crippen LogP contribution is 1.64. The second-order valence-corrected chi connectivity index (χ2v) is 1.18. The van der Waals surface area contributed by atoms with E-state index in [1.165, 1.54) is 0 Å². The highest BCUT2D eigenvalue weighted by atomic mass is 14.8. The fourth-order valence-corrected chi connectivity index (χ4v) is 0.269. The molecule has 0 aromatic rings. The molecular formula is C8H17N. The number of allylic oxidation sites excluding steroid dienone is 1. The molecule has 0 aliphatic carbocycles. The van der Waals surface area contributed by atoms with E-state index in [-0.39, 0.29) is 0 Å². The molecule has 0 bridgehead atoms. The van der Waals surface area contributed by atoms with Crippen LogP contribution in [0.15, 0.2) is 24.9 Å². The number of hydrogen-bond donors (Lipinski definition) is 1. The predicted octanol–water partition coefficient (Wildman–Crippen LogP) is 2.32. The average Bonchev–Trinajstić information content (AvgIpc) is 1.94. The van der Waals surface area contributed by atoms with Crippen LogP contribution in [0.3, 0.4) is 0 Å². The molecule has 0 rings (SSSR count). The number of nitrogens with one attached hydrogen (secondary N) is 1. The summed E-state index contributed by atoms with van der Waals surface area (Å²) in [5.74, 6) is 0. The highest BCUT2D eigenvalue weighted by molar-refractivity contribution is 4.81. The maximum Gasteiger partial charge on any atom is 0.0325 e. The van der Waals surface area contributed by atoms with Crippen molar-refractivity contribution >= 4 is 0 Å². The van der Waals surface area contributed by atoms with Crippen LogP contribution in [-0.4, -0.2) is 6.54 Å². The lowest BCUT2D eigenvalue weighted by Crippen LogP contribution is -2.01. The molecule has 54 valence electrons. The van der Waals surface area contributed by atoms with Gasteiger partial charge in [-0.3, -0.25) is 0 Å². The first-order valence-electron chi connectivity index (χ1n) is 3.37. The van der Waals surface area contributed by atoms with Gasteiger partial charge in [-0.15, -0.1) is 0 Å². The highest BCUT2D eigenvalue weighted by Gasteiger charge is 1.63. The van der Waals surface area contributed by atoms with Gasteiger partial charge in [0.05, 0.1) is 0 Å². The molecule has 0 amide bonds. The van der Waals surface area contributed by atoms with Gasteiger partial charge < -0.3 is 5.32 Å². The molecule has 1 nitrogen and oxygen atoms in total. The fourth-order valence-electron chi connectivity index (χ4n) is 0.269. The summed E-state index contributed by atoms with van der Waals surface area (Å²) in [6.07, 6.45) is 5.71. The molecule has 0 aliphatic rings. The van der Waals surface area contributed by atoms with Gasteiger partial charge in [-0.05, 0) is 13.1 Å². The Morgan fingerprint density at radius 1 is 1.44 bits per heavy atom. The zero-order valence-corrected chi connectivity index (χ0v) is 6.65. The fraction of sp³-hybridized carbons (Fsp3) is 0.500. The van der Waals surface area contributed by atoms with Crippen LogP contribution in [0.2, 0.25) is 0 Å². The van der Waals surface area contributed by atoms with E-state index in [1.807, 2.05) is 32.9 Å². The molecule has 0 unspecified atom stereocenters. The van der Waals surface area contributed by atoms with Gasteiger partial charge in [0.25, 0.3) is 0 Å². The molecule has 0 heterocycles. The summed E-state index contributed by atoms with van der Waals surface area (Å²) in [6.45, 7) is 10.4. The molecule has 0 saturated carbocycles. The minimum absolute atomic E-state index is 0.889. The van der Waals surface area contributed by atoms with Gasteiger partial charge in [0.2, 0.25) is 0 Å². The minimum Gasteiger partial charge on any atom is -0.388 e. The van der Waals surface area contributed by atoms with E-state index in [0.717, 1.165) is 6.54 Å². The smallest absolute Gasteiger partial charge is 0.0325 e. The third-order valence-electron chi connectivity index (χ3n) is 0.616. The summed E-state index contributed by atoms with van der Waals surface area (Å²) in [7, 11) is 0. The van der Waals surface area contributed by atoms with Gasteiger partial charge in [-0.2, -0.15) is 0 Å². The first-order valence-corrected chi connectivity index (χ1v) is 3.37. The Hall–Kier alpha value is -0.720. The standard InChI is InChI=1S/C6H11N.C2H6/c1-3-5-6-7-4-2;1-2/h3-5,7H,2,6H2,1H3;1-2H3/b5-3+;. The van der Waals surface area contributed by atoms with Gasteiger partial charge in [-0.1, -0.05) is 32.6 Å². The molecule has 1 heteroatoms. The van der Waals surface area contributed by atoms with Crippen molar-refractivity contribution in [2.75, 3.05) is 6.54 Å². The maximum atomic E-state index is 3.49. The van der Waals surface area contributed by atoms with Crippen LogP contribution in [0, 0.1) is 0 Å². The SMILES string of the molecule is C=CNC/C=C/C.CC. The van der Waals surface area contributed by atoms with Crippen molar-refractivity contribution < 1.29 is 0 Å². The summed E-state index contributed by atoms with van der Waals surface area (Å²) in [6, 6.07) is 0. The van der Waals surface area contributed by atoms with Gasteiger partial charge in [0.15, 0.2) is 0 Å². The van der Waals surface area contributed by atoms with E-state index >= 15 is 0 Å². The first-order chi connectivity index (χ1) is 4.41. The maximum absolute atomic E-state index is 3.49. The first kappa shape index (κ1) is 11.1. The van der Waals surface area contributed by atoms with Crippen LogP contribution < -0.4 is 5.32 Å². The van der Waals surface area contributed by atoms with Crippen molar-refractivity contribution in [1.29, 1.82) is 0 Å². The van der Waals surface area contributed by atoms with Crippen molar-refractivity contribution in [3.63, 3.8) is 0 Å². The number of rotatable bonds is 3. The van der Waals surface area contributed by atoms with Crippen molar-refractivity contribution in [2.45, 2.75) is 20.8 Å². The summed E-state index contributed by atoms with van der Waals surface area (Å²) in [5, 5.41) is 2.93. The van der Waals surface area contributed by atoms with Crippen molar-refractivity contribution in [1.82, 2.24) is 5.32 Å². The summed E-state index contributed by atoms with van der Waals surface area (Å²) in [4.78, 5) is 0. The monoisotopic (exact) mass is 127 g/mol. The lowest BCUT2D eigenvalue weighted by atomic mass is 10.5. The Kier molecular flexibility index (Phi) is 19.4. The van der Waals surface area contributed by atoms with Crippen LogP contribution in [-0.2, 0) is 0 Å². The second kappa shape index (κ2) is 15.7. The van der Waals surface area contributed by atoms with Crippen LogP contribution in [0.1, 0.15) is 20.8 Å². The van der Waals surface area contributed by atoms with Crippen LogP contribution in [0.4, 0.5) is 0 Å². The van der Waals surface area contributed by atoms with Gasteiger partial charge in [0, 0.05) is 6.54 Å². The van der Waals surface area contributed by atoms with E-state index in [9.17, 15) is 0 Å². The van der Waals surface area contributed by atoms with Crippen molar-refractivity contribution in [3.8, 4) is 0 Å². The topological polar surface area (TPSA) is 12.0 Å². The lowest BCUT2D eigenvalue weighted by molar-refractivity contribution is 0.988. The van der Waals surface area contributed by atoms with Crippen LogP contribution >= 0.6 is 0 Å². The van der Waals surface area contributed by atoms with Crippen LogP contribution in [0.5, 0.6) is 0 Å². The Balaban J connectivity index is 0. The zero-order chi connectivity index (χ0) is 7.54. The van der Waals surface area contributed by atoms with Gasteiger partial charge in [0.1, 0.15) is 0 Å². The summed E-state index contributed by atoms with van der Waals surface area (Å²) in [5.41, 5.74) is 0. The lowest BCUT2D eigenvalue weighted by Gasteiger charge is -1.87. The van der Waals surface area contributed by atoms with Crippen molar-refractivity contribution in [3.05, 3.63) is 24.9 Å². The van der Waals surface area contributed by atoms with Crippen LogP contribution in [0.25, 0.3) is 0 Å². The summed E-state index contributed by atoms with van der Waals surface area (Å²) < 4.78 is 0. The minimum atomic E-state index is 0.889. The second-order valence-electron chi connectivity index (χ2n) is 1.18. The molecule has 0 aromatic carbocycles. The largest absolute Gasteiger partial charge is 0.388 e. The van der Waals surface area contributed by atoms with Gasteiger partial charge >= 0.3 is 0 Å². The molecule has 0 atom stereocenters. The van der Waals surface area contributed by atoms with E-state index in [4.69, 9.17) is 0 Å². The molecule has 0 aromatic heterocycles. The Morgan fingerprint density at radius 2 is 2.00 bits per heavy atom. The Bertz CT molecular complexity index is 65.0. The third-order valence-corrected chi connectivity index (χ3v) is 0.616. The molecule has 0 radical (unpaired) electrons. The molecule has 9 heavy (non-hydrogen) atoms. The third kappa shape index (κ3) is 18.9. The van der Waals surface area contributed by atoms with E-state index in [1.54, 1.807) is 6.20 Å². The molecule has 0 spiro atoms. The normalized spacial score (nSPS) is 7.89. The zero-order valence-electron chi connectivity index (χ0n) is 6.65. The van der Waals surface area contributed by atoms with Crippen molar-refractivity contribution in [2.24, 2.45) is 0 Å². The van der Waals surface area contributed by atoms with E-state index < -0.39 is 0 Å². The Labute approximate surface area is 58.5 Å². The summed E-state index contributed by atoms with van der Waals surface area (Å²) >= 11 is 0. The predicted molar refractivity (Wildman–Crippen MR) is 44.4 cm³/mol. The molecule has 1 N–H and O–H groups in total. The Morgan fingerprint density at radius 3 is 2.33 bits per heavy atom.